The number of cyclic esters (lactones) is 1. The first-order valence-corrected chi connectivity index (χ1v) is 5.71. The van der Waals surface area contributed by atoms with E-state index in [0.29, 0.717) is 12.0 Å². The Labute approximate surface area is 111 Å². The van der Waals surface area contributed by atoms with Crippen molar-refractivity contribution in [2.24, 2.45) is 0 Å². The normalized spacial score (nSPS) is 19.6. The first-order valence-electron chi connectivity index (χ1n) is 5.33. The van der Waals surface area contributed by atoms with E-state index < -0.39 is 18.2 Å². The zero-order chi connectivity index (χ0) is 14.0. The first kappa shape index (κ1) is 13.8. The summed E-state index contributed by atoms with van der Waals surface area (Å²) in [5.74, 6) is -0.476. The number of hydrogen-bond donors (Lipinski definition) is 1. The summed E-state index contributed by atoms with van der Waals surface area (Å²) in [6, 6.07) is 3.54. The molecule has 0 unspecified atom stereocenters. The minimum absolute atomic E-state index is 0.171. The van der Waals surface area contributed by atoms with E-state index in [1.807, 2.05) is 0 Å². The fourth-order valence-electron chi connectivity index (χ4n) is 1.72. The molecule has 1 aromatic rings. The highest BCUT2D eigenvalue weighted by Gasteiger charge is 2.32. The number of rotatable bonds is 2. The predicted octanol–water partition coefficient (Wildman–Crippen LogP) is 3.41. The molecule has 0 saturated carbocycles. The van der Waals surface area contributed by atoms with Gasteiger partial charge in [-0.25, -0.2) is 4.79 Å². The second-order valence-corrected chi connectivity index (χ2v) is 4.27. The van der Waals surface area contributed by atoms with Crippen LogP contribution in [0, 0.1) is 0 Å². The van der Waals surface area contributed by atoms with Crippen LogP contribution in [-0.4, -0.2) is 19.1 Å². The number of alkyl halides is 3. The largest absolute Gasteiger partial charge is 0.573 e. The van der Waals surface area contributed by atoms with Crippen LogP contribution in [0.15, 0.2) is 18.2 Å². The average molecular weight is 296 g/mol. The molecule has 2 rings (SSSR count). The van der Waals surface area contributed by atoms with Crippen LogP contribution in [0.1, 0.15) is 18.0 Å². The molecule has 8 heteroatoms. The maximum Gasteiger partial charge on any atom is 0.573 e. The zero-order valence-electron chi connectivity index (χ0n) is 9.46. The van der Waals surface area contributed by atoms with Crippen molar-refractivity contribution in [3.8, 4) is 5.75 Å². The van der Waals surface area contributed by atoms with Crippen molar-refractivity contribution in [3.05, 3.63) is 28.8 Å². The number of alkyl carbamates (subject to hydrolysis) is 1. The van der Waals surface area contributed by atoms with Gasteiger partial charge in [0.15, 0.2) is 0 Å². The Morgan fingerprint density at radius 3 is 2.74 bits per heavy atom. The lowest BCUT2D eigenvalue weighted by Gasteiger charge is -2.24. The van der Waals surface area contributed by atoms with Crippen molar-refractivity contribution in [2.75, 3.05) is 6.61 Å². The first-order chi connectivity index (χ1) is 8.85. The third-order valence-electron chi connectivity index (χ3n) is 2.52. The fourth-order valence-corrected chi connectivity index (χ4v) is 1.94. The lowest BCUT2D eigenvalue weighted by molar-refractivity contribution is -0.274. The maximum atomic E-state index is 12.1. The molecule has 4 nitrogen and oxygen atoms in total. The quantitative estimate of drug-likeness (QED) is 0.909. The molecule has 1 aliphatic heterocycles. The van der Waals surface area contributed by atoms with Crippen LogP contribution in [0.25, 0.3) is 0 Å². The Morgan fingerprint density at radius 1 is 1.42 bits per heavy atom. The van der Waals surface area contributed by atoms with E-state index in [9.17, 15) is 18.0 Å². The summed E-state index contributed by atoms with van der Waals surface area (Å²) in [5.41, 5.74) is 0.594. The van der Waals surface area contributed by atoms with Crippen molar-refractivity contribution < 1.29 is 27.4 Å². The Hall–Kier alpha value is -1.63. The van der Waals surface area contributed by atoms with Crippen LogP contribution in [0.5, 0.6) is 5.75 Å². The average Bonchev–Trinajstić information content (AvgIpc) is 2.30. The van der Waals surface area contributed by atoms with E-state index in [-0.39, 0.29) is 17.7 Å². The zero-order valence-corrected chi connectivity index (χ0v) is 10.2. The number of hydrogen-bond acceptors (Lipinski definition) is 3. The van der Waals surface area contributed by atoms with E-state index in [1.54, 1.807) is 0 Å². The van der Waals surface area contributed by atoms with Crippen LogP contribution in [-0.2, 0) is 4.74 Å². The third kappa shape index (κ3) is 3.66. The van der Waals surface area contributed by atoms with Gasteiger partial charge in [-0.15, -0.1) is 13.2 Å². The van der Waals surface area contributed by atoms with E-state index in [1.165, 1.54) is 12.1 Å². The Bertz CT molecular complexity index is 493. The van der Waals surface area contributed by atoms with Crippen LogP contribution >= 0.6 is 11.6 Å². The molecule has 1 aromatic carbocycles. The standard InChI is InChI=1S/C11H9ClF3NO3/c12-7-5-6(8-3-4-18-10(17)16-8)1-2-9(7)19-11(13,14)15/h1-2,5,8H,3-4H2,(H,16,17)/t8-/m1/s1. The number of ether oxygens (including phenoxy) is 2. The predicted molar refractivity (Wildman–Crippen MR) is 60.0 cm³/mol. The Kier molecular flexibility index (Phi) is 3.75. The third-order valence-corrected chi connectivity index (χ3v) is 2.81. The van der Waals surface area contributed by atoms with Gasteiger partial charge >= 0.3 is 12.5 Å². The molecule has 1 N–H and O–H groups in total. The van der Waals surface area contributed by atoms with Gasteiger partial charge in [0.1, 0.15) is 5.75 Å². The monoisotopic (exact) mass is 295 g/mol. The molecule has 1 amide bonds. The molecule has 19 heavy (non-hydrogen) atoms. The number of halogens is 4. The second kappa shape index (κ2) is 5.16. The van der Waals surface area contributed by atoms with Gasteiger partial charge in [-0.1, -0.05) is 17.7 Å². The Balaban J connectivity index is 2.16. The number of carbonyl (C=O) groups excluding carboxylic acids is 1. The fraction of sp³-hybridized carbons (Fsp3) is 0.364. The molecule has 0 aromatic heterocycles. The summed E-state index contributed by atoms with van der Waals surface area (Å²) in [6.07, 6.45) is -4.84. The van der Waals surface area contributed by atoms with Gasteiger partial charge in [-0.05, 0) is 17.7 Å². The molecule has 1 atom stereocenters. The van der Waals surface area contributed by atoms with Crippen LogP contribution in [0.3, 0.4) is 0 Å². The van der Waals surface area contributed by atoms with Gasteiger partial charge in [0.05, 0.1) is 17.7 Å². The minimum Gasteiger partial charge on any atom is -0.449 e. The van der Waals surface area contributed by atoms with E-state index >= 15 is 0 Å². The van der Waals surface area contributed by atoms with Gasteiger partial charge in [0.25, 0.3) is 0 Å². The Morgan fingerprint density at radius 2 is 2.16 bits per heavy atom. The highest BCUT2D eigenvalue weighted by Crippen LogP contribution is 2.33. The summed E-state index contributed by atoms with van der Waals surface area (Å²) in [5, 5.41) is 2.37. The van der Waals surface area contributed by atoms with Crippen LogP contribution in [0.4, 0.5) is 18.0 Å². The molecule has 1 saturated heterocycles. The number of amides is 1. The molecular formula is C11H9ClF3NO3. The molecule has 0 radical (unpaired) electrons. The minimum atomic E-state index is -4.79. The molecule has 1 aliphatic rings. The number of nitrogens with one attached hydrogen (secondary N) is 1. The van der Waals surface area contributed by atoms with E-state index in [0.717, 1.165) is 6.07 Å². The molecule has 1 heterocycles. The van der Waals surface area contributed by atoms with E-state index in [2.05, 4.69) is 10.1 Å². The van der Waals surface area contributed by atoms with Crippen LogP contribution < -0.4 is 10.1 Å². The number of carbonyl (C=O) groups is 1. The van der Waals surface area contributed by atoms with Crippen molar-refractivity contribution >= 4 is 17.7 Å². The SMILES string of the molecule is O=C1N[C@@H](c2ccc(OC(F)(F)F)c(Cl)c2)CCO1. The topological polar surface area (TPSA) is 47.6 Å². The smallest absolute Gasteiger partial charge is 0.449 e. The van der Waals surface area contributed by atoms with Crippen molar-refractivity contribution in [2.45, 2.75) is 18.8 Å². The molecular weight excluding hydrogens is 287 g/mol. The molecule has 104 valence electrons. The van der Waals surface area contributed by atoms with Crippen LogP contribution in [0.2, 0.25) is 5.02 Å². The summed E-state index contributed by atoms with van der Waals surface area (Å²) in [4.78, 5) is 11.0. The number of benzene rings is 1. The molecule has 0 spiro atoms. The second-order valence-electron chi connectivity index (χ2n) is 3.86. The highest BCUT2D eigenvalue weighted by atomic mass is 35.5. The van der Waals surface area contributed by atoms with Crippen molar-refractivity contribution in [1.82, 2.24) is 5.32 Å². The van der Waals surface area contributed by atoms with Gasteiger partial charge < -0.3 is 14.8 Å². The van der Waals surface area contributed by atoms with Gasteiger partial charge in [0.2, 0.25) is 0 Å². The summed E-state index contributed by atoms with van der Waals surface area (Å²) < 4.78 is 44.7. The summed E-state index contributed by atoms with van der Waals surface area (Å²) >= 11 is 5.72. The van der Waals surface area contributed by atoms with Gasteiger partial charge in [-0.3, -0.25) is 0 Å². The van der Waals surface area contributed by atoms with Crippen molar-refractivity contribution in [3.63, 3.8) is 0 Å². The highest BCUT2D eigenvalue weighted by molar-refractivity contribution is 6.32. The molecule has 0 aliphatic carbocycles. The molecule has 0 bridgehead atoms. The lowest BCUT2D eigenvalue weighted by atomic mass is 10.0. The maximum absolute atomic E-state index is 12.1. The van der Waals surface area contributed by atoms with Gasteiger partial charge in [-0.2, -0.15) is 0 Å². The summed E-state index contributed by atoms with van der Waals surface area (Å²) in [6.45, 7) is 0.245. The summed E-state index contributed by atoms with van der Waals surface area (Å²) in [7, 11) is 0. The lowest BCUT2D eigenvalue weighted by Crippen LogP contribution is -2.35. The van der Waals surface area contributed by atoms with Crippen molar-refractivity contribution in [1.29, 1.82) is 0 Å². The molecule has 1 fully saturated rings. The van der Waals surface area contributed by atoms with E-state index in [4.69, 9.17) is 16.3 Å². The van der Waals surface area contributed by atoms with Gasteiger partial charge in [0, 0.05) is 6.42 Å².